The average Bonchev–Trinajstić information content (AvgIpc) is 3.07. The van der Waals surface area contributed by atoms with E-state index in [4.69, 9.17) is 18.9 Å². The van der Waals surface area contributed by atoms with Crippen LogP contribution in [-0.2, 0) is 23.9 Å². The van der Waals surface area contributed by atoms with E-state index >= 15 is 0 Å². The van der Waals surface area contributed by atoms with Crippen molar-refractivity contribution in [2.24, 2.45) is 0 Å². The Kier molecular flexibility index (Phi) is 6.50. The zero-order chi connectivity index (χ0) is 23.3. The molecule has 0 bridgehead atoms. The van der Waals surface area contributed by atoms with Crippen molar-refractivity contribution >= 4 is 29.8 Å². The first-order valence-corrected chi connectivity index (χ1v) is 9.09. The molecule has 1 saturated heterocycles. The van der Waals surface area contributed by atoms with Gasteiger partial charge < -0.3 is 29.2 Å². The second kappa shape index (κ2) is 9.27. The number of ether oxygens (including phenoxy) is 4. The smallest absolute Gasteiger partial charge is 0.341 e. The molecule has 1 fully saturated rings. The lowest BCUT2D eigenvalue weighted by Gasteiger charge is -2.22. The topological polar surface area (TPSA) is 163 Å². The number of hydrogen-bond donors (Lipinski definition) is 2. The summed E-state index contributed by atoms with van der Waals surface area (Å²) in [5.74, 6) is -6.33. The normalized spacial score (nSPS) is 14.3. The number of carbonyl (C=O) groups is 5. The Labute approximate surface area is 180 Å². The molecule has 0 aliphatic carbocycles. The van der Waals surface area contributed by atoms with Gasteiger partial charge in [-0.15, -0.1) is 0 Å². The minimum atomic E-state index is -2.08. The van der Waals surface area contributed by atoms with E-state index in [9.17, 15) is 34.2 Å². The van der Waals surface area contributed by atoms with Crippen LogP contribution in [0, 0.1) is 0 Å². The predicted molar refractivity (Wildman–Crippen MR) is 102 cm³/mol. The molecule has 0 amide bonds. The largest absolute Gasteiger partial charge is 0.478 e. The summed E-state index contributed by atoms with van der Waals surface area (Å²) in [6.45, 7) is -0.531. The molecular formula is C21H16O11. The second-order valence-corrected chi connectivity index (χ2v) is 6.59. The van der Waals surface area contributed by atoms with Gasteiger partial charge in [0.15, 0.2) is 12.4 Å². The van der Waals surface area contributed by atoms with Crippen LogP contribution in [0.15, 0.2) is 48.5 Å². The fourth-order valence-corrected chi connectivity index (χ4v) is 2.94. The molecule has 1 heterocycles. The highest BCUT2D eigenvalue weighted by molar-refractivity contribution is 5.95. The summed E-state index contributed by atoms with van der Waals surface area (Å²) in [7, 11) is 0. The maximum atomic E-state index is 12.4. The standard InChI is InChI=1S/C21H16O11/c22-16(31-14-7-3-1-5-12(14)18(24)25)9-21(20(28)29-11-30-21)10-17(23)32-15-8-4-2-6-13(15)19(26)27/h1-8H,9-11H2,(H,24,25)(H,26,27). The van der Waals surface area contributed by atoms with Crippen LogP contribution in [0.2, 0.25) is 0 Å². The Bertz CT molecular complexity index is 1020. The summed E-state index contributed by atoms with van der Waals surface area (Å²) in [6.07, 6.45) is -1.56. The molecule has 2 aromatic carbocycles. The van der Waals surface area contributed by atoms with Crippen molar-refractivity contribution < 1.29 is 53.1 Å². The van der Waals surface area contributed by atoms with E-state index in [-0.39, 0.29) is 22.6 Å². The molecule has 0 saturated carbocycles. The van der Waals surface area contributed by atoms with E-state index in [0.717, 1.165) is 0 Å². The van der Waals surface area contributed by atoms with Gasteiger partial charge in [0, 0.05) is 0 Å². The van der Waals surface area contributed by atoms with Crippen molar-refractivity contribution in [2.45, 2.75) is 18.4 Å². The van der Waals surface area contributed by atoms with Gasteiger partial charge in [0.2, 0.25) is 0 Å². The fraction of sp³-hybridized carbons (Fsp3) is 0.190. The quantitative estimate of drug-likeness (QED) is 0.449. The lowest BCUT2D eigenvalue weighted by atomic mass is 9.95. The van der Waals surface area contributed by atoms with Gasteiger partial charge in [-0.05, 0) is 24.3 Å². The van der Waals surface area contributed by atoms with Crippen molar-refractivity contribution in [1.29, 1.82) is 0 Å². The maximum absolute atomic E-state index is 12.4. The highest BCUT2D eigenvalue weighted by Crippen LogP contribution is 2.31. The summed E-state index contributed by atoms with van der Waals surface area (Å²) in [5.41, 5.74) is -2.64. The molecule has 3 rings (SSSR count). The Hall–Kier alpha value is -4.25. The number of aromatic carboxylic acids is 2. The predicted octanol–water partition coefficient (Wildman–Crippen LogP) is 1.64. The molecule has 2 N–H and O–H groups in total. The Morgan fingerprint density at radius 3 is 1.62 bits per heavy atom. The summed E-state index contributed by atoms with van der Waals surface area (Å²) in [4.78, 5) is 59.7. The lowest BCUT2D eigenvalue weighted by Crippen LogP contribution is -2.42. The molecule has 32 heavy (non-hydrogen) atoms. The van der Waals surface area contributed by atoms with Gasteiger partial charge in [-0.3, -0.25) is 9.59 Å². The highest BCUT2D eigenvalue weighted by atomic mass is 16.7. The van der Waals surface area contributed by atoms with Gasteiger partial charge >= 0.3 is 29.8 Å². The van der Waals surface area contributed by atoms with Crippen LogP contribution in [0.5, 0.6) is 11.5 Å². The average molecular weight is 444 g/mol. The van der Waals surface area contributed by atoms with E-state index < -0.39 is 55.1 Å². The third-order valence-corrected chi connectivity index (χ3v) is 4.44. The summed E-state index contributed by atoms with van der Waals surface area (Å²) < 4.78 is 20.1. The molecule has 0 radical (unpaired) electrons. The Balaban J connectivity index is 1.76. The monoisotopic (exact) mass is 444 g/mol. The summed E-state index contributed by atoms with van der Waals surface area (Å²) >= 11 is 0. The highest BCUT2D eigenvalue weighted by Gasteiger charge is 2.50. The molecule has 0 atom stereocenters. The number of hydrogen-bond acceptors (Lipinski definition) is 9. The van der Waals surface area contributed by atoms with Gasteiger partial charge in [0.1, 0.15) is 22.6 Å². The van der Waals surface area contributed by atoms with E-state index in [1.165, 1.54) is 48.5 Å². The van der Waals surface area contributed by atoms with Crippen molar-refractivity contribution in [2.75, 3.05) is 6.79 Å². The first-order chi connectivity index (χ1) is 15.2. The van der Waals surface area contributed by atoms with Crippen molar-refractivity contribution in [3.8, 4) is 11.5 Å². The van der Waals surface area contributed by atoms with E-state index in [1.807, 2.05) is 0 Å². The number of rotatable bonds is 8. The molecule has 166 valence electrons. The molecule has 0 unspecified atom stereocenters. The first kappa shape index (κ1) is 22.4. The SMILES string of the molecule is O=C(CC1(CC(=O)Oc2ccccc2C(=O)O)OCOC1=O)Oc1ccccc1C(=O)O. The number of carboxylic acids is 2. The van der Waals surface area contributed by atoms with Crippen LogP contribution in [0.3, 0.4) is 0 Å². The number of benzene rings is 2. The van der Waals surface area contributed by atoms with Crippen LogP contribution in [0.25, 0.3) is 0 Å². The number of para-hydroxylation sites is 2. The minimum Gasteiger partial charge on any atom is -0.478 e. The van der Waals surface area contributed by atoms with Crippen LogP contribution in [0.4, 0.5) is 0 Å². The molecular weight excluding hydrogens is 428 g/mol. The van der Waals surface area contributed by atoms with E-state index in [1.54, 1.807) is 0 Å². The minimum absolute atomic E-state index is 0.260. The third-order valence-electron chi connectivity index (χ3n) is 4.44. The van der Waals surface area contributed by atoms with Crippen LogP contribution < -0.4 is 9.47 Å². The van der Waals surface area contributed by atoms with Gasteiger partial charge in [-0.1, -0.05) is 24.3 Å². The van der Waals surface area contributed by atoms with Gasteiger partial charge in [-0.2, -0.15) is 0 Å². The molecule has 11 heteroatoms. The Morgan fingerprint density at radius 1 is 0.812 bits per heavy atom. The number of esters is 3. The molecule has 1 aliphatic rings. The Morgan fingerprint density at radius 2 is 1.25 bits per heavy atom. The fourth-order valence-electron chi connectivity index (χ4n) is 2.94. The molecule has 11 nitrogen and oxygen atoms in total. The zero-order valence-electron chi connectivity index (χ0n) is 16.3. The number of carbonyl (C=O) groups excluding carboxylic acids is 3. The van der Waals surface area contributed by atoms with Crippen LogP contribution in [0.1, 0.15) is 33.6 Å². The molecule has 2 aromatic rings. The van der Waals surface area contributed by atoms with Crippen molar-refractivity contribution in [1.82, 2.24) is 0 Å². The first-order valence-electron chi connectivity index (χ1n) is 9.09. The third kappa shape index (κ3) is 4.90. The second-order valence-electron chi connectivity index (χ2n) is 6.59. The van der Waals surface area contributed by atoms with Gasteiger partial charge in [-0.25, -0.2) is 14.4 Å². The van der Waals surface area contributed by atoms with Crippen molar-refractivity contribution in [3.05, 3.63) is 59.7 Å². The van der Waals surface area contributed by atoms with Crippen molar-refractivity contribution in [3.63, 3.8) is 0 Å². The molecule has 1 aliphatic heterocycles. The van der Waals surface area contributed by atoms with Gasteiger partial charge in [0.05, 0.1) is 12.8 Å². The summed E-state index contributed by atoms with van der Waals surface area (Å²) in [6, 6.07) is 10.7. The maximum Gasteiger partial charge on any atom is 0.341 e. The molecule has 0 aromatic heterocycles. The summed E-state index contributed by atoms with van der Waals surface area (Å²) in [5, 5.41) is 18.4. The number of carboxylic acid groups (broad SMARTS) is 2. The molecule has 0 spiro atoms. The van der Waals surface area contributed by atoms with Crippen LogP contribution >= 0.6 is 0 Å². The van der Waals surface area contributed by atoms with Gasteiger partial charge in [0.25, 0.3) is 0 Å². The van der Waals surface area contributed by atoms with E-state index in [0.29, 0.717) is 0 Å². The number of cyclic esters (lactones) is 1. The van der Waals surface area contributed by atoms with Crippen LogP contribution in [-0.4, -0.2) is 52.5 Å². The lowest BCUT2D eigenvalue weighted by molar-refractivity contribution is -0.156. The van der Waals surface area contributed by atoms with E-state index in [2.05, 4.69) is 0 Å². The zero-order valence-corrected chi connectivity index (χ0v) is 16.3.